The van der Waals surface area contributed by atoms with Crippen molar-refractivity contribution in [3.8, 4) is 0 Å². The first-order valence-corrected chi connectivity index (χ1v) is 13.7. The van der Waals surface area contributed by atoms with E-state index < -0.39 is 23.8 Å². The molecule has 8 atom stereocenters. The lowest BCUT2D eigenvalue weighted by atomic mass is 9.83. The number of benzene rings is 1. The fourth-order valence-corrected chi connectivity index (χ4v) is 5.84. The first kappa shape index (κ1) is 28.7. The Morgan fingerprint density at radius 3 is 2.73 bits per heavy atom. The summed E-state index contributed by atoms with van der Waals surface area (Å²) in [6, 6.07) is 10.0. The van der Waals surface area contributed by atoms with E-state index in [4.69, 9.17) is 40.0 Å². The van der Waals surface area contributed by atoms with Crippen LogP contribution in [0.15, 0.2) is 55.1 Å². The fraction of sp³-hybridized carbons (Fsp3) is 0.655. The predicted octanol–water partition coefficient (Wildman–Crippen LogP) is 4.75. The van der Waals surface area contributed by atoms with E-state index in [1.807, 2.05) is 42.5 Å². The van der Waals surface area contributed by atoms with Crippen molar-refractivity contribution in [2.45, 2.75) is 87.0 Å². The zero-order chi connectivity index (χ0) is 26.3. The monoisotopic (exact) mass is 536 g/mol. The third-order valence-electron chi connectivity index (χ3n) is 7.61. The average molecular weight is 537 g/mol. The molecule has 0 amide bonds. The van der Waals surface area contributed by atoms with Gasteiger partial charge < -0.3 is 33.5 Å². The van der Waals surface area contributed by atoms with Gasteiger partial charge in [-0.25, -0.2) is 0 Å². The Balaban J connectivity index is 1.39. The lowest BCUT2D eigenvalue weighted by molar-refractivity contribution is -0.410. The summed E-state index contributed by atoms with van der Waals surface area (Å²) >= 11 is 6.73. The molecule has 3 fully saturated rings. The maximum atomic E-state index is 10.9. The van der Waals surface area contributed by atoms with Crippen molar-refractivity contribution in [2.75, 3.05) is 26.9 Å². The molecule has 4 rings (SSSR count). The fourth-order valence-electron chi connectivity index (χ4n) is 5.51. The molecule has 3 aliphatic heterocycles. The highest BCUT2D eigenvalue weighted by Crippen LogP contribution is 2.52. The summed E-state index contributed by atoms with van der Waals surface area (Å²) in [4.78, 5) is 0. The molecule has 1 N–H and O–H groups in total. The maximum absolute atomic E-state index is 10.9. The third-order valence-corrected chi connectivity index (χ3v) is 8.14. The van der Waals surface area contributed by atoms with Crippen molar-refractivity contribution < 1.29 is 33.5 Å². The van der Waals surface area contributed by atoms with Gasteiger partial charge in [0, 0.05) is 38.9 Å². The number of methoxy groups -OCH3 is 1. The maximum Gasteiger partial charge on any atom is 0.177 e. The van der Waals surface area contributed by atoms with E-state index in [2.05, 4.69) is 13.5 Å². The SMILES string of the molecule is C=CCOC/C=C/[C@@H]1O[C@]2(CC[C@@H](C)[C@]3(C[C@@H](O)[C@@H](CCOCc4ccccc4)O3)O2)C[C@H](OC)[C@H]1Cl. The number of aliphatic hydroxyl groups is 1. The van der Waals surface area contributed by atoms with Gasteiger partial charge in [0.1, 0.15) is 0 Å². The second kappa shape index (κ2) is 13.2. The van der Waals surface area contributed by atoms with Crippen LogP contribution >= 0.6 is 11.6 Å². The topological polar surface area (TPSA) is 75.6 Å². The van der Waals surface area contributed by atoms with E-state index >= 15 is 0 Å². The molecule has 37 heavy (non-hydrogen) atoms. The van der Waals surface area contributed by atoms with E-state index in [0.717, 1.165) is 12.0 Å². The van der Waals surface area contributed by atoms with Crippen LogP contribution in [0, 0.1) is 5.92 Å². The predicted molar refractivity (Wildman–Crippen MR) is 141 cm³/mol. The van der Waals surface area contributed by atoms with Crippen LogP contribution in [-0.2, 0) is 35.0 Å². The molecule has 0 saturated carbocycles. The molecule has 3 heterocycles. The molecule has 1 aromatic rings. The molecule has 1 aromatic carbocycles. The Hall–Kier alpha value is -1.29. The Morgan fingerprint density at radius 2 is 1.97 bits per heavy atom. The van der Waals surface area contributed by atoms with Gasteiger partial charge in [-0.2, -0.15) is 0 Å². The molecule has 7 nitrogen and oxygen atoms in total. The number of hydrogen-bond donors (Lipinski definition) is 1. The van der Waals surface area contributed by atoms with E-state index in [0.29, 0.717) is 52.1 Å². The van der Waals surface area contributed by atoms with E-state index in [-0.39, 0.29) is 23.5 Å². The van der Waals surface area contributed by atoms with E-state index in [9.17, 15) is 5.11 Å². The van der Waals surface area contributed by atoms with Gasteiger partial charge in [0.15, 0.2) is 11.6 Å². The summed E-state index contributed by atoms with van der Waals surface area (Å²) in [5.74, 6) is -1.74. The van der Waals surface area contributed by atoms with Crippen LogP contribution in [0.2, 0.25) is 0 Å². The minimum absolute atomic E-state index is 0.0997. The summed E-state index contributed by atoms with van der Waals surface area (Å²) in [5, 5.41) is 10.6. The van der Waals surface area contributed by atoms with Crippen molar-refractivity contribution in [2.24, 2.45) is 5.92 Å². The summed E-state index contributed by atoms with van der Waals surface area (Å²) in [6.07, 6.45) is 6.86. The summed E-state index contributed by atoms with van der Waals surface area (Å²) in [6.45, 7) is 7.71. The van der Waals surface area contributed by atoms with Crippen LogP contribution in [0.25, 0.3) is 0 Å². The van der Waals surface area contributed by atoms with Gasteiger partial charge in [-0.05, 0) is 18.4 Å². The first-order valence-electron chi connectivity index (χ1n) is 13.3. The molecule has 0 unspecified atom stereocenters. The van der Waals surface area contributed by atoms with Crippen LogP contribution in [0.1, 0.15) is 44.6 Å². The molecule has 3 aliphatic rings. The Labute approximate surface area is 225 Å². The number of ether oxygens (including phenoxy) is 6. The van der Waals surface area contributed by atoms with Crippen LogP contribution in [0.3, 0.4) is 0 Å². The zero-order valence-electron chi connectivity index (χ0n) is 21.9. The van der Waals surface area contributed by atoms with Crippen LogP contribution in [-0.4, -0.2) is 73.4 Å². The number of alkyl halides is 1. The van der Waals surface area contributed by atoms with Crippen molar-refractivity contribution >= 4 is 11.6 Å². The molecular weight excluding hydrogens is 496 g/mol. The summed E-state index contributed by atoms with van der Waals surface area (Å²) in [7, 11) is 1.66. The normalized spacial score (nSPS) is 38.1. The molecule has 206 valence electrons. The van der Waals surface area contributed by atoms with Crippen LogP contribution < -0.4 is 0 Å². The van der Waals surface area contributed by atoms with Crippen LogP contribution in [0.5, 0.6) is 0 Å². The molecule has 3 saturated heterocycles. The Morgan fingerprint density at radius 1 is 1.16 bits per heavy atom. The molecule has 0 bridgehead atoms. The van der Waals surface area contributed by atoms with Crippen LogP contribution in [0.4, 0.5) is 0 Å². The van der Waals surface area contributed by atoms with Crippen molar-refractivity contribution in [3.05, 3.63) is 60.7 Å². The van der Waals surface area contributed by atoms with Gasteiger partial charge in [0.05, 0.1) is 49.6 Å². The third kappa shape index (κ3) is 7.02. The minimum Gasteiger partial charge on any atom is -0.390 e. The largest absolute Gasteiger partial charge is 0.390 e. The highest BCUT2D eigenvalue weighted by Gasteiger charge is 2.60. The number of hydrogen-bond acceptors (Lipinski definition) is 7. The quantitative estimate of drug-likeness (QED) is 0.248. The lowest BCUT2D eigenvalue weighted by Gasteiger charge is -2.53. The smallest absolute Gasteiger partial charge is 0.177 e. The summed E-state index contributed by atoms with van der Waals surface area (Å²) in [5.41, 5.74) is 1.12. The highest BCUT2D eigenvalue weighted by molar-refractivity contribution is 6.21. The van der Waals surface area contributed by atoms with Gasteiger partial charge >= 0.3 is 0 Å². The summed E-state index contributed by atoms with van der Waals surface area (Å²) < 4.78 is 36.8. The minimum atomic E-state index is -0.930. The van der Waals surface area contributed by atoms with Gasteiger partial charge in [-0.1, -0.05) is 55.5 Å². The number of halogens is 1. The van der Waals surface area contributed by atoms with Gasteiger partial charge in [-0.15, -0.1) is 18.2 Å². The van der Waals surface area contributed by atoms with E-state index in [1.54, 1.807) is 13.2 Å². The van der Waals surface area contributed by atoms with E-state index in [1.165, 1.54) is 0 Å². The molecule has 0 radical (unpaired) electrons. The molecule has 0 aliphatic carbocycles. The van der Waals surface area contributed by atoms with Crippen molar-refractivity contribution in [1.82, 2.24) is 0 Å². The number of aliphatic hydroxyl groups excluding tert-OH is 1. The molecule has 2 spiro atoms. The lowest BCUT2D eigenvalue weighted by Crippen LogP contribution is -2.61. The molecular formula is C29H41ClO7. The standard InChI is InChI=1S/C29H41ClO7/c1-4-15-33-16-8-11-25-27(30)26(32-3)19-28(35-25)14-12-21(2)29(37-28)18-23(31)24(36-29)13-17-34-20-22-9-6-5-7-10-22/h4-11,21,23-27,31H,1,12-20H2,2-3H3/b11-8+/t21-,23-,24-,25+,26+,27+,28+,29+/m1/s1. The molecule has 8 heteroatoms. The zero-order valence-corrected chi connectivity index (χ0v) is 22.7. The average Bonchev–Trinajstić information content (AvgIpc) is 3.21. The Bertz CT molecular complexity index is 882. The first-order chi connectivity index (χ1) is 17.9. The Kier molecular flexibility index (Phi) is 10.2. The second-order valence-corrected chi connectivity index (χ2v) is 10.8. The van der Waals surface area contributed by atoms with Crippen molar-refractivity contribution in [3.63, 3.8) is 0 Å². The van der Waals surface area contributed by atoms with Gasteiger partial charge in [-0.3, -0.25) is 0 Å². The van der Waals surface area contributed by atoms with Gasteiger partial charge in [0.2, 0.25) is 0 Å². The van der Waals surface area contributed by atoms with Gasteiger partial charge in [0.25, 0.3) is 0 Å². The number of rotatable bonds is 11. The highest BCUT2D eigenvalue weighted by atomic mass is 35.5. The second-order valence-electron chi connectivity index (χ2n) is 10.3. The molecule has 0 aromatic heterocycles. The van der Waals surface area contributed by atoms with Crippen molar-refractivity contribution in [1.29, 1.82) is 0 Å².